The van der Waals surface area contributed by atoms with Crippen LogP contribution in [0.2, 0.25) is 0 Å². The predicted octanol–water partition coefficient (Wildman–Crippen LogP) is 3.78. The van der Waals surface area contributed by atoms with Gasteiger partial charge in [-0.2, -0.15) is 0 Å². The summed E-state index contributed by atoms with van der Waals surface area (Å²) in [7, 11) is 0. The first kappa shape index (κ1) is 26.0. The standard InChI is InChI=1S/C27H27N3O6/c1-27(2,25(33)35-17-23(31)34-16-18-6-4-3-5-7-18)20-10-14-22(15-11-20)36-24(32)19-8-12-21(13-9-19)30-26(28)29/h3-15H,16-17H2,1-2H3,(H4,28,29,30). The summed E-state index contributed by atoms with van der Waals surface area (Å²) in [6.07, 6.45) is 0. The smallest absolute Gasteiger partial charge is 0.344 e. The van der Waals surface area contributed by atoms with Gasteiger partial charge >= 0.3 is 17.9 Å². The summed E-state index contributed by atoms with van der Waals surface area (Å²) in [5.74, 6) is -1.72. The van der Waals surface area contributed by atoms with E-state index in [1.807, 2.05) is 30.3 Å². The molecule has 0 radical (unpaired) electrons. The number of esters is 3. The molecule has 9 heteroatoms. The highest BCUT2D eigenvalue weighted by Gasteiger charge is 2.32. The first-order chi connectivity index (χ1) is 17.1. The largest absolute Gasteiger partial charge is 0.458 e. The lowest BCUT2D eigenvalue weighted by molar-refractivity contribution is -0.162. The molecule has 0 fully saturated rings. The Morgan fingerprint density at radius 2 is 1.53 bits per heavy atom. The highest BCUT2D eigenvalue weighted by atomic mass is 16.6. The first-order valence-electron chi connectivity index (χ1n) is 11.1. The van der Waals surface area contributed by atoms with E-state index in [2.05, 4.69) is 5.32 Å². The minimum atomic E-state index is -1.05. The minimum absolute atomic E-state index is 0.0975. The summed E-state index contributed by atoms with van der Waals surface area (Å²) >= 11 is 0. The molecule has 3 rings (SSSR count). The summed E-state index contributed by atoms with van der Waals surface area (Å²) in [6, 6.07) is 21.9. The summed E-state index contributed by atoms with van der Waals surface area (Å²) in [5.41, 5.74) is 6.56. The zero-order chi connectivity index (χ0) is 26.1. The van der Waals surface area contributed by atoms with Gasteiger partial charge in [0.25, 0.3) is 0 Å². The minimum Gasteiger partial charge on any atom is -0.458 e. The highest BCUT2D eigenvalue weighted by Crippen LogP contribution is 2.27. The Morgan fingerprint density at radius 1 is 0.889 bits per heavy atom. The maximum Gasteiger partial charge on any atom is 0.344 e. The Hall–Kier alpha value is -4.66. The Morgan fingerprint density at radius 3 is 2.14 bits per heavy atom. The van der Waals surface area contributed by atoms with Crippen molar-refractivity contribution in [3.8, 4) is 5.75 Å². The van der Waals surface area contributed by atoms with E-state index < -0.39 is 29.9 Å². The van der Waals surface area contributed by atoms with Crippen molar-refractivity contribution in [3.05, 3.63) is 95.6 Å². The molecule has 0 aliphatic carbocycles. The van der Waals surface area contributed by atoms with Crippen molar-refractivity contribution in [1.82, 2.24) is 0 Å². The second-order valence-electron chi connectivity index (χ2n) is 8.38. The van der Waals surface area contributed by atoms with Gasteiger partial charge in [-0.3, -0.25) is 10.2 Å². The maximum absolute atomic E-state index is 12.6. The molecule has 9 nitrogen and oxygen atoms in total. The zero-order valence-electron chi connectivity index (χ0n) is 19.9. The molecule has 0 bridgehead atoms. The number of guanidine groups is 1. The quantitative estimate of drug-likeness (QED) is 0.179. The van der Waals surface area contributed by atoms with E-state index in [4.69, 9.17) is 25.4 Å². The molecular formula is C27H27N3O6. The van der Waals surface area contributed by atoms with Gasteiger partial charge in [0.1, 0.15) is 12.4 Å². The van der Waals surface area contributed by atoms with Gasteiger partial charge < -0.3 is 25.3 Å². The molecule has 0 amide bonds. The van der Waals surface area contributed by atoms with E-state index in [9.17, 15) is 14.4 Å². The molecule has 0 aromatic heterocycles. The number of carbonyl (C=O) groups is 3. The zero-order valence-corrected chi connectivity index (χ0v) is 19.9. The number of rotatable bonds is 9. The molecule has 36 heavy (non-hydrogen) atoms. The summed E-state index contributed by atoms with van der Waals surface area (Å²) in [6.45, 7) is 2.94. The molecule has 4 N–H and O–H groups in total. The molecule has 0 heterocycles. The molecule has 0 saturated heterocycles. The Labute approximate surface area is 208 Å². The number of hydrogen-bond donors (Lipinski definition) is 3. The highest BCUT2D eigenvalue weighted by molar-refractivity contribution is 5.93. The van der Waals surface area contributed by atoms with E-state index in [1.165, 1.54) is 0 Å². The van der Waals surface area contributed by atoms with Crippen molar-refractivity contribution in [2.75, 3.05) is 11.9 Å². The van der Waals surface area contributed by atoms with Gasteiger partial charge in [0.05, 0.1) is 11.0 Å². The van der Waals surface area contributed by atoms with Crippen molar-refractivity contribution in [1.29, 1.82) is 5.41 Å². The molecule has 0 atom stereocenters. The van der Waals surface area contributed by atoms with Gasteiger partial charge in [0.15, 0.2) is 12.6 Å². The number of nitrogens with two attached hydrogens (primary N) is 1. The second kappa shape index (κ2) is 11.7. The van der Waals surface area contributed by atoms with Crippen LogP contribution in [-0.4, -0.2) is 30.5 Å². The predicted molar refractivity (Wildman–Crippen MR) is 134 cm³/mol. The Bertz CT molecular complexity index is 1220. The third-order valence-electron chi connectivity index (χ3n) is 5.26. The van der Waals surface area contributed by atoms with Crippen LogP contribution in [-0.2, 0) is 31.1 Å². The van der Waals surface area contributed by atoms with Crippen molar-refractivity contribution in [3.63, 3.8) is 0 Å². The van der Waals surface area contributed by atoms with E-state index in [1.54, 1.807) is 62.4 Å². The van der Waals surface area contributed by atoms with Crippen LogP contribution >= 0.6 is 0 Å². The first-order valence-corrected chi connectivity index (χ1v) is 11.1. The lowest BCUT2D eigenvalue weighted by Crippen LogP contribution is -2.32. The average molecular weight is 490 g/mol. The van der Waals surface area contributed by atoms with Crippen LogP contribution in [0.4, 0.5) is 5.69 Å². The molecule has 0 saturated carbocycles. The fourth-order valence-corrected chi connectivity index (χ4v) is 3.15. The van der Waals surface area contributed by atoms with Crippen LogP contribution in [0.15, 0.2) is 78.9 Å². The van der Waals surface area contributed by atoms with Crippen LogP contribution in [0.3, 0.4) is 0 Å². The molecule has 3 aromatic carbocycles. The van der Waals surface area contributed by atoms with Crippen molar-refractivity contribution >= 4 is 29.6 Å². The maximum atomic E-state index is 12.6. The molecule has 0 aliphatic rings. The van der Waals surface area contributed by atoms with Crippen molar-refractivity contribution in [2.45, 2.75) is 25.9 Å². The summed E-state index contributed by atoms with van der Waals surface area (Å²) in [4.78, 5) is 37.0. The number of hydrogen-bond acceptors (Lipinski definition) is 7. The normalized spacial score (nSPS) is 10.7. The summed E-state index contributed by atoms with van der Waals surface area (Å²) < 4.78 is 15.7. The van der Waals surface area contributed by atoms with E-state index >= 15 is 0 Å². The number of ether oxygens (including phenoxy) is 3. The van der Waals surface area contributed by atoms with Gasteiger partial charge in [-0.25, -0.2) is 9.59 Å². The molecule has 3 aromatic rings. The number of carbonyl (C=O) groups excluding carboxylic acids is 3. The van der Waals surface area contributed by atoms with Gasteiger partial charge in [-0.05, 0) is 61.4 Å². The van der Waals surface area contributed by atoms with Crippen LogP contribution in [0.5, 0.6) is 5.75 Å². The van der Waals surface area contributed by atoms with E-state index in [0.717, 1.165) is 5.56 Å². The molecule has 0 aliphatic heterocycles. The third-order valence-corrected chi connectivity index (χ3v) is 5.26. The fraction of sp³-hybridized carbons (Fsp3) is 0.185. The molecular weight excluding hydrogens is 462 g/mol. The number of benzene rings is 3. The summed E-state index contributed by atoms with van der Waals surface area (Å²) in [5, 5.41) is 9.84. The fourth-order valence-electron chi connectivity index (χ4n) is 3.15. The SMILES string of the molecule is CC(C)(C(=O)OCC(=O)OCc1ccccc1)c1ccc(OC(=O)c2ccc(NC(=N)N)cc2)cc1. The lowest BCUT2D eigenvalue weighted by Gasteiger charge is -2.23. The van der Waals surface area contributed by atoms with Crippen LogP contribution in [0, 0.1) is 5.41 Å². The van der Waals surface area contributed by atoms with Gasteiger partial charge in [0.2, 0.25) is 0 Å². The Balaban J connectivity index is 1.52. The van der Waals surface area contributed by atoms with Crippen molar-refractivity contribution in [2.24, 2.45) is 5.73 Å². The van der Waals surface area contributed by atoms with Gasteiger partial charge in [-0.1, -0.05) is 42.5 Å². The average Bonchev–Trinajstić information content (AvgIpc) is 2.87. The Kier molecular flexibility index (Phi) is 8.40. The molecule has 0 unspecified atom stereocenters. The van der Waals surface area contributed by atoms with Crippen molar-refractivity contribution < 1.29 is 28.6 Å². The monoisotopic (exact) mass is 489 g/mol. The third kappa shape index (κ3) is 7.17. The van der Waals surface area contributed by atoms with Crippen LogP contribution in [0.1, 0.15) is 35.3 Å². The number of nitrogens with one attached hydrogen (secondary N) is 2. The topological polar surface area (TPSA) is 141 Å². The molecule has 186 valence electrons. The van der Waals surface area contributed by atoms with E-state index in [-0.39, 0.29) is 12.6 Å². The van der Waals surface area contributed by atoms with Gasteiger partial charge in [-0.15, -0.1) is 0 Å². The number of anilines is 1. The van der Waals surface area contributed by atoms with Crippen LogP contribution < -0.4 is 15.8 Å². The van der Waals surface area contributed by atoms with Crippen LogP contribution in [0.25, 0.3) is 0 Å². The van der Waals surface area contributed by atoms with E-state index in [0.29, 0.717) is 22.6 Å². The van der Waals surface area contributed by atoms with Gasteiger partial charge in [0, 0.05) is 5.69 Å². The molecule has 0 spiro atoms. The second-order valence-corrected chi connectivity index (χ2v) is 8.38. The lowest BCUT2D eigenvalue weighted by atomic mass is 9.85.